The molecule has 0 aliphatic rings. The van der Waals surface area contributed by atoms with Crippen LogP contribution in [-0.4, -0.2) is 50.6 Å². The first-order chi connectivity index (χ1) is 12.6. The van der Waals surface area contributed by atoms with Crippen LogP contribution in [0.3, 0.4) is 0 Å². The van der Waals surface area contributed by atoms with Crippen LogP contribution in [0.5, 0.6) is 5.75 Å². The van der Waals surface area contributed by atoms with Crippen molar-refractivity contribution >= 4 is 0 Å². The average molecular weight is 355 g/mol. The maximum atomic E-state index is 5.32. The van der Waals surface area contributed by atoms with E-state index >= 15 is 0 Å². The summed E-state index contributed by atoms with van der Waals surface area (Å²) in [6, 6.07) is 19.4. The highest BCUT2D eigenvalue weighted by molar-refractivity contribution is 5.29. The average Bonchev–Trinajstić information content (AvgIpc) is 2.66. The highest BCUT2D eigenvalue weighted by Gasteiger charge is 2.16. The Bertz CT molecular complexity index is 610. The molecule has 142 valence electrons. The van der Waals surface area contributed by atoms with Crippen LogP contribution in [-0.2, 0) is 6.54 Å². The molecule has 0 N–H and O–H groups in total. The topological polar surface area (TPSA) is 15.7 Å². The van der Waals surface area contributed by atoms with Gasteiger partial charge in [0.05, 0.1) is 7.11 Å². The Hall–Kier alpha value is -1.84. The van der Waals surface area contributed by atoms with Gasteiger partial charge in [-0.15, -0.1) is 0 Å². The quantitative estimate of drug-likeness (QED) is 0.584. The molecule has 0 saturated carbocycles. The minimum atomic E-state index is 0.553. The summed E-state index contributed by atoms with van der Waals surface area (Å²) in [7, 11) is 6.02. The van der Waals surface area contributed by atoms with Crippen molar-refractivity contribution in [2.75, 3.05) is 40.8 Å². The second-order valence-corrected chi connectivity index (χ2v) is 7.28. The fraction of sp³-hybridized carbons (Fsp3) is 0.478. The molecule has 26 heavy (non-hydrogen) atoms. The van der Waals surface area contributed by atoms with Gasteiger partial charge in [-0.25, -0.2) is 0 Å². The van der Waals surface area contributed by atoms with Crippen molar-refractivity contribution in [1.82, 2.24) is 9.80 Å². The highest BCUT2D eigenvalue weighted by Crippen LogP contribution is 2.25. The molecule has 0 saturated heterocycles. The Morgan fingerprint density at radius 2 is 1.62 bits per heavy atom. The highest BCUT2D eigenvalue weighted by atomic mass is 16.5. The molecule has 2 aromatic carbocycles. The van der Waals surface area contributed by atoms with Crippen molar-refractivity contribution < 1.29 is 4.74 Å². The molecule has 0 aliphatic heterocycles. The van der Waals surface area contributed by atoms with E-state index < -0.39 is 0 Å². The van der Waals surface area contributed by atoms with Crippen LogP contribution in [0.15, 0.2) is 54.6 Å². The van der Waals surface area contributed by atoms with Crippen molar-refractivity contribution in [3.05, 3.63) is 65.7 Å². The van der Waals surface area contributed by atoms with E-state index in [-0.39, 0.29) is 0 Å². The van der Waals surface area contributed by atoms with Gasteiger partial charge in [0.2, 0.25) is 0 Å². The fourth-order valence-electron chi connectivity index (χ4n) is 3.32. The predicted molar refractivity (Wildman–Crippen MR) is 111 cm³/mol. The van der Waals surface area contributed by atoms with Gasteiger partial charge in [-0.05, 0) is 49.7 Å². The summed E-state index contributed by atoms with van der Waals surface area (Å²) in [6.45, 7) is 6.53. The minimum Gasteiger partial charge on any atom is -0.497 e. The van der Waals surface area contributed by atoms with Crippen LogP contribution in [0.25, 0.3) is 0 Å². The number of ether oxygens (including phenoxy) is 1. The molecule has 2 aromatic rings. The summed E-state index contributed by atoms with van der Waals surface area (Å²) in [5.74, 6) is 1.48. The first-order valence-electron chi connectivity index (χ1n) is 9.67. The lowest BCUT2D eigenvalue weighted by Gasteiger charge is -2.29. The monoisotopic (exact) mass is 354 g/mol. The molecular weight excluding hydrogens is 320 g/mol. The first-order valence-corrected chi connectivity index (χ1v) is 9.67. The summed E-state index contributed by atoms with van der Waals surface area (Å²) >= 11 is 0. The molecule has 3 nitrogen and oxygen atoms in total. The zero-order valence-corrected chi connectivity index (χ0v) is 16.8. The number of benzene rings is 2. The molecular formula is C23H34N2O. The van der Waals surface area contributed by atoms with Gasteiger partial charge in [-0.1, -0.05) is 55.8 Å². The van der Waals surface area contributed by atoms with E-state index in [2.05, 4.69) is 85.4 Å². The lowest BCUT2D eigenvalue weighted by atomic mass is 9.93. The number of methoxy groups -OCH3 is 1. The maximum Gasteiger partial charge on any atom is 0.118 e. The van der Waals surface area contributed by atoms with Crippen LogP contribution in [0.2, 0.25) is 0 Å². The SMILES string of the molecule is CCC[C@@H](CN(CCN(C)C)Cc1ccccc1)c1ccc(OC)cc1. The molecule has 0 amide bonds. The van der Waals surface area contributed by atoms with E-state index in [1.165, 1.54) is 24.0 Å². The van der Waals surface area contributed by atoms with Crippen molar-refractivity contribution in [3.63, 3.8) is 0 Å². The summed E-state index contributed by atoms with van der Waals surface area (Å²) in [6.07, 6.45) is 2.41. The van der Waals surface area contributed by atoms with Crippen molar-refractivity contribution in [1.29, 1.82) is 0 Å². The molecule has 1 atom stereocenters. The van der Waals surface area contributed by atoms with E-state index in [9.17, 15) is 0 Å². The molecule has 0 fully saturated rings. The van der Waals surface area contributed by atoms with Gasteiger partial charge in [-0.2, -0.15) is 0 Å². The number of likely N-dealkylation sites (N-methyl/N-ethyl adjacent to an activating group) is 1. The van der Waals surface area contributed by atoms with Gasteiger partial charge in [0.15, 0.2) is 0 Å². The third-order valence-corrected chi connectivity index (χ3v) is 4.82. The van der Waals surface area contributed by atoms with Gasteiger partial charge >= 0.3 is 0 Å². The lowest BCUT2D eigenvalue weighted by molar-refractivity contribution is 0.217. The Balaban J connectivity index is 2.11. The van der Waals surface area contributed by atoms with Crippen molar-refractivity contribution in [2.24, 2.45) is 0 Å². The summed E-state index contributed by atoms with van der Waals surface area (Å²) in [4.78, 5) is 4.86. The third-order valence-electron chi connectivity index (χ3n) is 4.82. The van der Waals surface area contributed by atoms with Crippen LogP contribution >= 0.6 is 0 Å². The third kappa shape index (κ3) is 6.81. The van der Waals surface area contributed by atoms with E-state index in [0.29, 0.717) is 5.92 Å². The van der Waals surface area contributed by atoms with Gasteiger partial charge in [0, 0.05) is 26.2 Å². The maximum absolute atomic E-state index is 5.32. The standard InChI is InChI=1S/C23H34N2O/c1-5-9-22(21-12-14-23(26-4)15-13-21)19-25(17-16-24(2)3)18-20-10-7-6-8-11-20/h6-8,10-15,22H,5,9,16-19H2,1-4H3/t22-/m0/s1. The number of hydrogen-bond acceptors (Lipinski definition) is 3. The van der Waals surface area contributed by atoms with Gasteiger partial charge in [-0.3, -0.25) is 4.90 Å². The molecule has 0 spiro atoms. The second kappa shape index (κ2) is 11.0. The van der Waals surface area contributed by atoms with E-state index in [4.69, 9.17) is 4.74 Å². The molecule has 0 heterocycles. The molecule has 0 unspecified atom stereocenters. The Morgan fingerprint density at radius 1 is 0.923 bits per heavy atom. The summed E-state index contributed by atoms with van der Waals surface area (Å²) in [5, 5.41) is 0. The molecule has 3 heteroatoms. The normalized spacial score (nSPS) is 12.5. The zero-order valence-electron chi connectivity index (χ0n) is 16.8. The largest absolute Gasteiger partial charge is 0.497 e. The Labute approximate surface area is 159 Å². The fourth-order valence-corrected chi connectivity index (χ4v) is 3.32. The minimum absolute atomic E-state index is 0.553. The van der Waals surface area contributed by atoms with E-state index in [1.54, 1.807) is 7.11 Å². The van der Waals surface area contributed by atoms with Crippen molar-refractivity contribution in [3.8, 4) is 5.75 Å². The number of nitrogens with zero attached hydrogens (tertiary/aromatic N) is 2. The molecule has 0 radical (unpaired) electrons. The molecule has 0 aliphatic carbocycles. The predicted octanol–water partition coefficient (Wildman–Crippen LogP) is 4.64. The van der Waals surface area contributed by atoms with Gasteiger partial charge < -0.3 is 9.64 Å². The second-order valence-electron chi connectivity index (χ2n) is 7.28. The van der Waals surface area contributed by atoms with Crippen LogP contribution < -0.4 is 4.74 Å². The van der Waals surface area contributed by atoms with Crippen molar-refractivity contribution in [2.45, 2.75) is 32.2 Å². The smallest absolute Gasteiger partial charge is 0.118 e. The summed E-state index contributed by atoms with van der Waals surface area (Å²) < 4.78 is 5.32. The number of rotatable bonds is 11. The molecule has 0 aromatic heterocycles. The molecule has 0 bridgehead atoms. The van der Waals surface area contributed by atoms with Crippen LogP contribution in [0.4, 0.5) is 0 Å². The Kier molecular flexibility index (Phi) is 8.66. The van der Waals surface area contributed by atoms with Gasteiger partial charge in [0.1, 0.15) is 5.75 Å². The zero-order chi connectivity index (χ0) is 18.8. The molecule has 2 rings (SSSR count). The van der Waals surface area contributed by atoms with Crippen LogP contribution in [0, 0.1) is 0 Å². The summed E-state index contributed by atoms with van der Waals surface area (Å²) in [5.41, 5.74) is 2.80. The van der Waals surface area contributed by atoms with Crippen LogP contribution in [0.1, 0.15) is 36.8 Å². The lowest BCUT2D eigenvalue weighted by Crippen LogP contribution is -2.34. The Morgan fingerprint density at radius 3 is 2.19 bits per heavy atom. The van der Waals surface area contributed by atoms with E-state index in [1.807, 2.05) is 0 Å². The van der Waals surface area contributed by atoms with E-state index in [0.717, 1.165) is 31.9 Å². The van der Waals surface area contributed by atoms with Gasteiger partial charge in [0.25, 0.3) is 0 Å². The number of hydrogen-bond donors (Lipinski definition) is 0. The first kappa shape index (κ1) is 20.5.